The fourth-order valence-corrected chi connectivity index (χ4v) is 3.84. The molecule has 1 aliphatic rings. The lowest BCUT2D eigenvalue weighted by Crippen LogP contribution is -2.13. The Kier molecular flexibility index (Phi) is 6.49. The Morgan fingerprint density at radius 1 is 1.13 bits per heavy atom. The zero-order valence-electron chi connectivity index (χ0n) is 17.2. The Bertz CT molecular complexity index is 1110. The number of nitriles is 1. The summed E-state index contributed by atoms with van der Waals surface area (Å²) in [7, 11) is 0. The maximum Gasteiger partial charge on any atom is 0.219 e. The largest absolute Gasteiger partial charge is 0.439 e. The second-order valence-electron chi connectivity index (χ2n) is 7.79. The topological polar surface area (TPSA) is 75.9 Å². The highest BCUT2D eigenvalue weighted by atomic mass is 16.5. The average molecular weight is 409 g/mol. The van der Waals surface area contributed by atoms with E-state index in [0.29, 0.717) is 35.1 Å². The van der Waals surface area contributed by atoms with Gasteiger partial charge < -0.3 is 4.74 Å². The molecule has 1 saturated carbocycles. The van der Waals surface area contributed by atoms with Crippen LogP contribution in [0.1, 0.15) is 53.6 Å². The number of nitrogens with zero attached hydrogens (tertiary/aromatic N) is 3. The molecule has 5 nitrogen and oxygen atoms in total. The number of pyridine rings is 2. The molecular weight excluding hydrogens is 386 g/mol. The standard InChI is InChI=1S/C26H23N3O2/c27-16-22-10-11-26(29-17-22)31-24-5-1-3-21(14-24)13-19-6-8-20(9-7-19)15-25(30)23-4-2-12-28-18-23/h1-5,10-14,17-18,20H,6-9,15H2. The summed E-state index contributed by atoms with van der Waals surface area (Å²) in [5, 5.41) is 8.87. The zero-order chi connectivity index (χ0) is 21.5. The van der Waals surface area contributed by atoms with Gasteiger partial charge in [0.25, 0.3) is 0 Å². The third-order valence-corrected chi connectivity index (χ3v) is 5.52. The van der Waals surface area contributed by atoms with Crippen molar-refractivity contribution < 1.29 is 9.53 Å². The van der Waals surface area contributed by atoms with Crippen molar-refractivity contribution in [2.45, 2.75) is 32.1 Å². The molecule has 0 bridgehead atoms. The number of ketones is 1. The van der Waals surface area contributed by atoms with Crippen LogP contribution in [0.2, 0.25) is 0 Å². The molecular formula is C26H23N3O2. The molecule has 0 saturated heterocycles. The number of carbonyl (C=O) groups is 1. The van der Waals surface area contributed by atoms with E-state index in [9.17, 15) is 4.79 Å². The molecule has 154 valence electrons. The van der Waals surface area contributed by atoms with Gasteiger partial charge in [0.05, 0.1) is 5.56 Å². The number of allylic oxidation sites excluding steroid dienone is 1. The zero-order valence-corrected chi connectivity index (χ0v) is 17.2. The molecule has 5 heteroatoms. The molecule has 1 fully saturated rings. The lowest BCUT2D eigenvalue weighted by Gasteiger charge is -2.23. The Balaban J connectivity index is 1.34. The summed E-state index contributed by atoms with van der Waals surface area (Å²) in [4.78, 5) is 20.6. The molecule has 0 radical (unpaired) electrons. The predicted molar refractivity (Wildman–Crippen MR) is 119 cm³/mol. The minimum Gasteiger partial charge on any atom is -0.439 e. The van der Waals surface area contributed by atoms with Crippen LogP contribution < -0.4 is 4.74 Å². The van der Waals surface area contributed by atoms with Crippen LogP contribution in [0.5, 0.6) is 11.6 Å². The monoisotopic (exact) mass is 409 g/mol. The molecule has 0 N–H and O–H groups in total. The second-order valence-corrected chi connectivity index (χ2v) is 7.79. The average Bonchev–Trinajstić information content (AvgIpc) is 2.82. The van der Waals surface area contributed by atoms with Gasteiger partial charge in [-0.25, -0.2) is 4.98 Å². The SMILES string of the molecule is N#Cc1ccc(Oc2cccc(C=C3CCC(CC(=O)c4cccnc4)CC3)c2)nc1. The van der Waals surface area contributed by atoms with Gasteiger partial charge in [-0.2, -0.15) is 5.26 Å². The van der Waals surface area contributed by atoms with Gasteiger partial charge in [-0.3, -0.25) is 9.78 Å². The lowest BCUT2D eigenvalue weighted by atomic mass is 9.82. The first kappa shape index (κ1) is 20.5. The maximum atomic E-state index is 12.4. The Hall–Kier alpha value is -3.78. The van der Waals surface area contributed by atoms with Crippen LogP contribution in [0.15, 0.2) is 72.7 Å². The van der Waals surface area contributed by atoms with E-state index < -0.39 is 0 Å². The Labute approximate surface area is 182 Å². The van der Waals surface area contributed by atoms with E-state index in [1.807, 2.05) is 36.4 Å². The summed E-state index contributed by atoms with van der Waals surface area (Å²) in [6, 6.07) is 17.0. The van der Waals surface area contributed by atoms with Gasteiger partial charge in [-0.15, -0.1) is 0 Å². The van der Waals surface area contributed by atoms with E-state index in [-0.39, 0.29) is 5.78 Å². The van der Waals surface area contributed by atoms with E-state index in [1.54, 1.807) is 24.5 Å². The first-order valence-corrected chi connectivity index (χ1v) is 10.5. The number of rotatable bonds is 6. The Morgan fingerprint density at radius 2 is 2.00 bits per heavy atom. The molecule has 0 unspecified atom stereocenters. The maximum absolute atomic E-state index is 12.4. The van der Waals surface area contributed by atoms with Crippen LogP contribution in [0.4, 0.5) is 0 Å². The van der Waals surface area contributed by atoms with Crippen molar-refractivity contribution in [3.05, 3.63) is 89.4 Å². The summed E-state index contributed by atoms with van der Waals surface area (Å²) in [5.41, 5.74) is 3.70. The van der Waals surface area contributed by atoms with E-state index in [4.69, 9.17) is 10.00 Å². The van der Waals surface area contributed by atoms with Crippen molar-refractivity contribution in [1.82, 2.24) is 9.97 Å². The fourth-order valence-electron chi connectivity index (χ4n) is 3.84. The number of Topliss-reactive ketones (excluding diaryl/α,β-unsaturated/α-hetero) is 1. The summed E-state index contributed by atoms with van der Waals surface area (Å²) in [6.07, 6.45) is 11.7. The molecule has 0 amide bonds. The summed E-state index contributed by atoms with van der Waals surface area (Å²) in [5.74, 6) is 1.79. The molecule has 0 aliphatic heterocycles. The number of benzene rings is 1. The van der Waals surface area contributed by atoms with Crippen molar-refractivity contribution in [3.63, 3.8) is 0 Å². The van der Waals surface area contributed by atoms with Crippen LogP contribution in [-0.4, -0.2) is 15.8 Å². The number of hydrogen-bond acceptors (Lipinski definition) is 5. The minimum atomic E-state index is 0.187. The van der Waals surface area contributed by atoms with Gasteiger partial charge in [0.15, 0.2) is 5.78 Å². The van der Waals surface area contributed by atoms with Crippen LogP contribution in [-0.2, 0) is 0 Å². The van der Waals surface area contributed by atoms with Gasteiger partial charge in [0.1, 0.15) is 11.8 Å². The van der Waals surface area contributed by atoms with E-state index in [2.05, 4.69) is 22.1 Å². The van der Waals surface area contributed by atoms with Crippen molar-refractivity contribution in [3.8, 4) is 17.7 Å². The fraction of sp³-hybridized carbons (Fsp3) is 0.231. The van der Waals surface area contributed by atoms with E-state index in [0.717, 1.165) is 31.2 Å². The van der Waals surface area contributed by atoms with E-state index >= 15 is 0 Å². The first-order valence-electron chi connectivity index (χ1n) is 10.5. The molecule has 1 aliphatic carbocycles. The first-order chi connectivity index (χ1) is 15.2. The van der Waals surface area contributed by atoms with Crippen molar-refractivity contribution in [2.24, 2.45) is 5.92 Å². The molecule has 31 heavy (non-hydrogen) atoms. The number of hydrogen-bond donors (Lipinski definition) is 0. The van der Waals surface area contributed by atoms with E-state index in [1.165, 1.54) is 11.8 Å². The molecule has 3 aromatic rings. The summed E-state index contributed by atoms with van der Waals surface area (Å²) in [6.45, 7) is 0. The molecule has 2 aromatic heterocycles. The lowest BCUT2D eigenvalue weighted by molar-refractivity contribution is 0.0953. The summed E-state index contributed by atoms with van der Waals surface area (Å²) < 4.78 is 5.82. The smallest absolute Gasteiger partial charge is 0.219 e. The Morgan fingerprint density at radius 3 is 2.71 bits per heavy atom. The number of ether oxygens (including phenoxy) is 1. The van der Waals surface area contributed by atoms with Gasteiger partial charge in [0.2, 0.25) is 5.88 Å². The number of carbonyl (C=O) groups excluding carboxylic acids is 1. The molecule has 1 aromatic carbocycles. The van der Waals surface area contributed by atoms with Crippen LogP contribution in [0, 0.1) is 17.2 Å². The molecule has 0 atom stereocenters. The number of aromatic nitrogens is 2. The quantitative estimate of drug-likeness (QED) is 0.468. The predicted octanol–water partition coefficient (Wildman–Crippen LogP) is 5.99. The van der Waals surface area contributed by atoms with Crippen LogP contribution in [0.25, 0.3) is 6.08 Å². The molecule has 0 spiro atoms. The van der Waals surface area contributed by atoms with Crippen molar-refractivity contribution >= 4 is 11.9 Å². The van der Waals surface area contributed by atoms with Gasteiger partial charge in [-0.05, 0) is 67.5 Å². The van der Waals surface area contributed by atoms with Gasteiger partial charge in [-0.1, -0.05) is 23.8 Å². The third-order valence-electron chi connectivity index (χ3n) is 5.52. The van der Waals surface area contributed by atoms with Crippen molar-refractivity contribution in [1.29, 1.82) is 5.26 Å². The normalized spacial score (nSPS) is 15.7. The molecule has 4 rings (SSSR count). The van der Waals surface area contributed by atoms with Crippen LogP contribution >= 0.6 is 0 Å². The second kappa shape index (κ2) is 9.82. The van der Waals surface area contributed by atoms with Crippen molar-refractivity contribution in [2.75, 3.05) is 0 Å². The van der Waals surface area contributed by atoms with Crippen LogP contribution in [0.3, 0.4) is 0 Å². The minimum absolute atomic E-state index is 0.187. The van der Waals surface area contributed by atoms with Gasteiger partial charge >= 0.3 is 0 Å². The van der Waals surface area contributed by atoms with Gasteiger partial charge in [0, 0.05) is 36.6 Å². The highest BCUT2D eigenvalue weighted by molar-refractivity contribution is 5.95. The summed E-state index contributed by atoms with van der Waals surface area (Å²) >= 11 is 0. The third kappa shape index (κ3) is 5.64. The highest BCUT2D eigenvalue weighted by Gasteiger charge is 2.20. The highest BCUT2D eigenvalue weighted by Crippen LogP contribution is 2.33. The molecule has 2 heterocycles.